The van der Waals surface area contributed by atoms with Gasteiger partial charge in [-0.15, -0.1) is 10.2 Å². The number of ether oxygens (including phenoxy) is 1. The highest BCUT2D eigenvalue weighted by Gasteiger charge is 2.29. The summed E-state index contributed by atoms with van der Waals surface area (Å²) < 4.78 is 32.9. The molecule has 1 unspecified atom stereocenters. The number of rotatable bonds is 6. The van der Waals surface area contributed by atoms with E-state index in [0.717, 1.165) is 18.2 Å². The normalized spacial score (nSPS) is 20.6. The first-order valence-corrected chi connectivity index (χ1v) is 12.5. The number of nitrogens with zero attached hydrogens (tertiary/aromatic N) is 5. The van der Waals surface area contributed by atoms with Gasteiger partial charge in [0.2, 0.25) is 10.0 Å². The Morgan fingerprint density at radius 1 is 0.935 bits per heavy atom. The summed E-state index contributed by atoms with van der Waals surface area (Å²) in [5.41, 5.74) is 0. The van der Waals surface area contributed by atoms with E-state index in [2.05, 4.69) is 26.9 Å². The molecule has 4 rings (SSSR count). The number of piperidine rings is 1. The van der Waals surface area contributed by atoms with Crippen LogP contribution in [0.15, 0.2) is 41.3 Å². The van der Waals surface area contributed by atoms with Gasteiger partial charge in [0, 0.05) is 38.8 Å². The van der Waals surface area contributed by atoms with Crippen LogP contribution in [0.4, 0.5) is 11.6 Å². The van der Waals surface area contributed by atoms with E-state index in [0.29, 0.717) is 49.5 Å². The summed E-state index contributed by atoms with van der Waals surface area (Å²) >= 11 is 0. The molecule has 0 aliphatic carbocycles. The molecular weight excluding hydrogens is 414 g/mol. The molecule has 2 fully saturated rings. The average Bonchev–Trinajstić information content (AvgIpc) is 2.80. The Balaban J connectivity index is 1.37. The third kappa shape index (κ3) is 4.77. The maximum Gasteiger partial charge on any atom is 0.243 e. The molecule has 0 amide bonds. The van der Waals surface area contributed by atoms with Crippen molar-refractivity contribution in [2.24, 2.45) is 0 Å². The van der Waals surface area contributed by atoms with Crippen LogP contribution >= 0.6 is 0 Å². The largest absolute Gasteiger partial charge is 0.494 e. The molecule has 168 valence electrons. The van der Waals surface area contributed by atoms with Crippen molar-refractivity contribution >= 4 is 21.7 Å². The zero-order chi connectivity index (χ0) is 21.8. The molecular formula is C22H31N5O3S. The quantitative estimate of drug-likeness (QED) is 0.676. The van der Waals surface area contributed by atoms with Crippen molar-refractivity contribution in [1.82, 2.24) is 14.5 Å². The SMILES string of the molecule is CCOc1ccc(S(=O)(=O)N2CCN(c3ccc(N4CCCCC4C)nn3)CC2)cc1. The Kier molecular flexibility index (Phi) is 6.62. The average molecular weight is 446 g/mol. The van der Waals surface area contributed by atoms with Crippen LogP contribution in [-0.2, 0) is 10.0 Å². The molecule has 0 bridgehead atoms. The molecule has 9 heteroatoms. The summed E-state index contributed by atoms with van der Waals surface area (Å²) in [6, 6.07) is 11.1. The topological polar surface area (TPSA) is 78.9 Å². The first-order valence-electron chi connectivity index (χ1n) is 11.1. The number of piperazine rings is 1. The van der Waals surface area contributed by atoms with Gasteiger partial charge in [-0.3, -0.25) is 0 Å². The second-order valence-electron chi connectivity index (χ2n) is 8.08. The van der Waals surface area contributed by atoms with Crippen molar-refractivity contribution in [3.63, 3.8) is 0 Å². The fourth-order valence-electron chi connectivity index (χ4n) is 4.26. The summed E-state index contributed by atoms with van der Waals surface area (Å²) in [5.74, 6) is 2.39. The fourth-order valence-corrected chi connectivity index (χ4v) is 5.68. The lowest BCUT2D eigenvalue weighted by atomic mass is 10.0. The zero-order valence-electron chi connectivity index (χ0n) is 18.3. The lowest BCUT2D eigenvalue weighted by Gasteiger charge is -2.35. The van der Waals surface area contributed by atoms with Crippen LogP contribution in [0.3, 0.4) is 0 Å². The number of sulfonamides is 1. The van der Waals surface area contributed by atoms with Crippen molar-refractivity contribution in [3.05, 3.63) is 36.4 Å². The van der Waals surface area contributed by atoms with E-state index in [1.165, 1.54) is 23.6 Å². The van der Waals surface area contributed by atoms with E-state index < -0.39 is 10.0 Å². The molecule has 2 aliphatic rings. The van der Waals surface area contributed by atoms with Crippen molar-refractivity contribution < 1.29 is 13.2 Å². The van der Waals surface area contributed by atoms with Crippen LogP contribution in [-0.4, -0.2) is 68.3 Å². The first kappa shape index (κ1) is 21.8. The number of anilines is 2. The van der Waals surface area contributed by atoms with Gasteiger partial charge in [-0.1, -0.05) is 0 Å². The van der Waals surface area contributed by atoms with Gasteiger partial charge in [0.05, 0.1) is 11.5 Å². The Bertz CT molecular complexity index is 958. The maximum absolute atomic E-state index is 13.0. The van der Waals surface area contributed by atoms with Gasteiger partial charge in [-0.25, -0.2) is 8.42 Å². The molecule has 1 atom stereocenters. The van der Waals surface area contributed by atoms with Crippen molar-refractivity contribution in [3.8, 4) is 5.75 Å². The third-order valence-corrected chi connectivity index (χ3v) is 7.98. The van der Waals surface area contributed by atoms with Gasteiger partial charge < -0.3 is 14.5 Å². The fraction of sp³-hybridized carbons (Fsp3) is 0.545. The van der Waals surface area contributed by atoms with Crippen LogP contribution in [0.5, 0.6) is 5.75 Å². The minimum Gasteiger partial charge on any atom is -0.494 e. The van der Waals surface area contributed by atoms with Crippen LogP contribution in [0.25, 0.3) is 0 Å². The number of hydrogen-bond donors (Lipinski definition) is 0. The molecule has 0 radical (unpaired) electrons. The number of benzene rings is 1. The predicted molar refractivity (Wildman–Crippen MR) is 121 cm³/mol. The molecule has 0 spiro atoms. The molecule has 0 saturated carbocycles. The summed E-state index contributed by atoms with van der Waals surface area (Å²) in [6.07, 6.45) is 3.65. The van der Waals surface area contributed by atoms with Crippen LogP contribution in [0.2, 0.25) is 0 Å². The summed E-state index contributed by atoms with van der Waals surface area (Å²) in [6.45, 7) is 7.72. The van der Waals surface area contributed by atoms with Crippen LogP contribution in [0, 0.1) is 0 Å². The van der Waals surface area contributed by atoms with Crippen molar-refractivity contribution in [1.29, 1.82) is 0 Å². The molecule has 8 nitrogen and oxygen atoms in total. The molecule has 1 aromatic carbocycles. The highest BCUT2D eigenvalue weighted by molar-refractivity contribution is 7.89. The molecule has 1 aromatic heterocycles. The second kappa shape index (κ2) is 9.40. The van der Waals surface area contributed by atoms with E-state index in [4.69, 9.17) is 4.74 Å². The third-order valence-electron chi connectivity index (χ3n) is 6.07. The lowest BCUT2D eigenvalue weighted by Crippen LogP contribution is -2.49. The van der Waals surface area contributed by atoms with Gasteiger partial charge >= 0.3 is 0 Å². The van der Waals surface area contributed by atoms with E-state index in [9.17, 15) is 8.42 Å². The number of hydrogen-bond acceptors (Lipinski definition) is 7. The van der Waals surface area contributed by atoms with Gasteiger partial charge in [0.15, 0.2) is 11.6 Å². The van der Waals surface area contributed by atoms with Gasteiger partial charge in [0.1, 0.15) is 5.75 Å². The monoisotopic (exact) mass is 445 g/mol. The Labute approximate surface area is 184 Å². The van der Waals surface area contributed by atoms with E-state index in [1.54, 1.807) is 24.3 Å². The highest BCUT2D eigenvalue weighted by atomic mass is 32.2. The number of aromatic nitrogens is 2. The molecule has 2 aromatic rings. The Morgan fingerprint density at radius 3 is 2.23 bits per heavy atom. The maximum atomic E-state index is 13.0. The Morgan fingerprint density at radius 2 is 1.61 bits per heavy atom. The zero-order valence-corrected chi connectivity index (χ0v) is 19.1. The lowest BCUT2D eigenvalue weighted by molar-refractivity contribution is 0.340. The van der Waals surface area contributed by atoms with E-state index in [-0.39, 0.29) is 0 Å². The van der Waals surface area contributed by atoms with Crippen molar-refractivity contribution in [2.45, 2.75) is 44.0 Å². The van der Waals surface area contributed by atoms with Gasteiger partial charge in [-0.05, 0) is 69.5 Å². The van der Waals surface area contributed by atoms with Gasteiger partial charge in [0.25, 0.3) is 0 Å². The standard InChI is InChI=1S/C22H31N5O3S/c1-3-30-19-7-9-20(10-8-19)31(28,29)26-16-14-25(15-17-26)21-11-12-22(24-23-21)27-13-5-4-6-18(27)2/h7-12,18H,3-6,13-17H2,1-2H3. The minimum atomic E-state index is -3.52. The van der Waals surface area contributed by atoms with Crippen molar-refractivity contribution in [2.75, 3.05) is 49.1 Å². The molecule has 31 heavy (non-hydrogen) atoms. The smallest absolute Gasteiger partial charge is 0.243 e. The highest BCUT2D eigenvalue weighted by Crippen LogP contribution is 2.25. The van der Waals surface area contributed by atoms with E-state index in [1.807, 2.05) is 19.1 Å². The van der Waals surface area contributed by atoms with E-state index >= 15 is 0 Å². The molecule has 2 saturated heterocycles. The molecule has 2 aliphatic heterocycles. The van der Waals surface area contributed by atoms with Crippen LogP contribution < -0.4 is 14.5 Å². The summed E-state index contributed by atoms with van der Waals surface area (Å²) in [5, 5.41) is 8.89. The second-order valence-corrected chi connectivity index (χ2v) is 10.0. The van der Waals surface area contributed by atoms with Gasteiger partial charge in [-0.2, -0.15) is 4.31 Å². The molecule has 3 heterocycles. The minimum absolute atomic E-state index is 0.296. The first-order chi connectivity index (χ1) is 15.0. The predicted octanol–water partition coefficient (Wildman–Crippen LogP) is 2.77. The summed E-state index contributed by atoms with van der Waals surface area (Å²) in [4.78, 5) is 4.71. The molecule has 0 N–H and O–H groups in total. The summed E-state index contributed by atoms with van der Waals surface area (Å²) in [7, 11) is -3.52. The Hall–Kier alpha value is -2.39. The van der Waals surface area contributed by atoms with Crippen LogP contribution in [0.1, 0.15) is 33.1 Å².